The van der Waals surface area contributed by atoms with E-state index in [0.717, 1.165) is 0 Å². The summed E-state index contributed by atoms with van der Waals surface area (Å²) < 4.78 is 38.6. The molecule has 1 N–H and O–H groups in total. The molecule has 15 heavy (non-hydrogen) atoms. The van der Waals surface area contributed by atoms with Gasteiger partial charge in [0.05, 0.1) is 6.61 Å². The zero-order chi connectivity index (χ0) is 11.9. The van der Waals surface area contributed by atoms with E-state index in [4.69, 9.17) is 5.11 Å². The molecule has 0 aromatic carbocycles. The lowest BCUT2D eigenvalue weighted by molar-refractivity contribution is -0.199. The summed E-state index contributed by atoms with van der Waals surface area (Å²) in [7, 11) is 0. The zero-order valence-corrected chi connectivity index (χ0v) is 7.84. The second kappa shape index (κ2) is 6.26. The third kappa shape index (κ3) is 7.77. The van der Waals surface area contributed by atoms with Crippen molar-refractivity contribution in [3.05, 3.63) is 0 Å². The molecule has 88 valence electrons. The average Bonchev–Trinajstić information content (AvgIpc) is 2.08. The Morgan fingerprint density at radius 3 is 2.20 bits per heavy atom. The fourth-order valence-corrected chi connectivity index (χ4v) is 0.802. The molecule has 0 spiro atoms. The number of esters is 1. The Kier molecular flexibility index (Phi) is 5.73. The van der Waals surface area contributed by atoms with Gasteiger partial charge in [0.15, 0.2) is 0 Å². The second-order valence-electron chi connectivity index (χ2n) is 2.84. The fourth-order valence-electron chi connectivity index (χ4n) is 0.802. The number of carboxylic acids is 1. The van der Waals surface area contributed by atoms with Crippen molar-refractivity contribution in [2.75, 3.05) is 6.61 Å². The van der Waals surface area contributed by atoms with Gasteiger partial charge < -0.3 is 9.84 Å². The van der Waals surface area contributed by atoms with Crippen LogP contribution < -0.4 is 0 Å². The smallest absolute Gasteiger partial charge is 0.481 e. The molecule has 0 unspecified atom stereocenters. The summed E-state index contributed by atoms with van der Waals surface area (Å²) in [5, 5.41) is 8.23. The number of alkyl halides is 3. The molecule has 0 rings (SSSR count). The van der Waals surface area contributed by atoms with Crippen LogP contribution in [0.15, 0.2) is 0 Å². The summed E-state index contributed by atoms with van der Waals surface area (Å²) in [5.74, 6) is -3.16. The lowest BCUT2D eigenvalue weighted by atomic mass is 10.2. The van der Waals surface area contributed by atoms with Gasteiger partial charge in [-0.1, -0.05) is 0 Å². The Labute approximate surface area is 84.0 Å². The van der Waals surface area contributed by atoms with E-state index < -0.39 is 18.1 Å². The lowest BCUT2D eigenvalue weighted by Gasteiger charge is -2.06. The fraction of sp³-hybridized carbons (Fsp3) is 0.750. The summed E-state index contributed by atoms with van der Waals surface area (Å²) in [6.07, 6.45) is -3.99. The van der Waals surface area contributed by atoms with Crippen LogP contribution in [-0.4, -0.2) is 29.8 Å². The number of rotatable bonds is 6. The van der Waals surface area contributed by atoms with Gasteiger partial charge in [0.2, 0.25) is 0 Å². The molecule has 0 saturated heterocycles. The number of hydrogen-bond acceptors (Lipinski definition) is 3. The molecular weight excluding hydrogens is 217 g/mol. The van der Waals surface area contributed by atoms with Crippen LogP contribution in [0.5, 0.6) is 0 Å². The molecular formula is C8H11F3O4. The SMILES string of the molecule is O=C(O)CCCCCOC(=O)C(F)(F)F. The Morgan fingerprint density at radius 2 is 1.73 bits per heavy atom. The molecule has 0 saturated carbocycles. The molecule has 0 aliphatic carbocycles. The van der Waals surface area contributed by atoms with Crippen LogP contribution in [-0.2, 0) is 14.3 Å². The normalized spacial score (nSPS) is 11.1. The maximum absolute atomic E-state index is 11.6. The topological polar surface area (TPSA) is 63.6 Å². The van der Waals surface area contributed by atoms with Gasteiger partial charge >= 0.3 is 18.1 Å². The van der Waals surface area contributed by atoms with Gasteiger partial charge in [-0.3, -0.25) is 4.79 Å². The van der Waals surface area contributed by atoms with Crippen LogP contribution in [0.3, 0.4) is 0 Å². The van der Waals surface area contributed by atoms with E-state index in [-0.39, 0.29) is 19.4 Å². The van der Waals surface area contributed by atoms with Crippen molar-refractivity contribution in [1.29, 1.82) is 0 Å². The molecule has 0 amide bonds. The number of halogens is 3. The predicted molar refractivity (Wildman–Crippen MR) is 43.1 cm³/mol. The number of aliphatic carboxylic acids is 1. The Bertz CT molecular complexity index is 224. The first-order chi connectivity index (χ1) is 6.84. The van der Waals surface area contributed by atoms with E-state index in [2.05, 4.69) is 4.74 Å². The molecule has 0 heterocycles. The van der Waals surface area contributed by atoms with Gasteiger partial charge in [-0.2, -0.15) is 13.2 Å². The highest BCUT2D eigenvalue weighted by Crippen LogP contribution is 2.16. The second-order valence-corrected chi connectivity index (χ2v) is 2.84. The van der Waals surface area contributed by atoms with Crippen molar-refractivity contribution in [3.8, 4) is 0 Å². The van der Waals surface area contributed by atoms with Gasteiger partial charge in [0.1, 0.15) is 0 Å². The molecule has 0 aliphatic heterocycles. The zero-order valence-electron chi connectivity index (χ0n) is 7.84. The number of ether oxygens (including phenoxy) is 1. The minimum absolute atomic E-state index is 0.0345. The standard InChI is InChI=1S/C8H11F3O4/c9-8(10,11)7(14)15-5-3-1-2-4-6(12)13/h1-5H2,(H,12,13). The maximum atomic E-state index is 11.6. The first-order valence-electron chi connectivity index (χ1n) is 4.30. The molecule has 7 heteroatoms. The number of hydrogen-bond donors (Lipinski definition) is 1. The van der Waals surface area contributed by atoms with Crippen molar-refractivity contribution in [3.63, 3.8) is 0 Å². The highest BCUT2D eigenvalue weighted by atomic mass is 19.4. The van der Waals surface area contributed by atoms with Crippen molar-refractivity contribution in [2.45, 2.75) is 31.9 Å². The molecule has 0 atom stereocenters. The van der Waals surface area contributed by atoms with Crippen molar-refractivity contribution in [2.24, 2.45) is 0 Å². The van der Waals surface area contributed by atoms with E-state index in [9.17, 15) is 22.8 Å². The summed E-state index contributed by atoms with van der Waals surface area (Å²) in [4.78, 5) is 20.2. The van der Waals surface area contributed by atoms with Gasteiger partial charge in [0, 0.05) is 6.42 Å². The monoisotopic (exact) mass is 228 g/mol. The van der Waals surface area contributed by atoms with E-state index in [1.807, 2.05) is 0 Å². The van der Waals surface area contributed by atoms with Crippen LogP contribution in [0, 0.1) is 0 Å². The number of unbranched alkanes of at least 4 members (excludes halogenated alkanes) is 2. The lowest BCUT2D eigenvalue weighted by Crippen LogP contribution is -2.25. The Balaban J connectivity index is 3.40. The molecule has 0 aromatic heterocycles. The van der Waals surface area contributed by atoms with Crippen LogP contribution in [0.1, 0.15) is 25.7 Å². The van der Waals surface area contributed by atoms with E-state index in [1.165, 1.54) is 0 Å². The van der Waals surface area contributed by atoms with Crippen LogP contribution >= 0.6 is 0 Å². The van der Waals surface area contributed by atoms with Crippen LogP contribution in [0.2, 0.25) is 0 Å². The predicted octanol–water partition coefficient (Wildman–Crippen LogP) is 1.74. The molecule has 0 fully saturated rings. The first-order valence-corrected chi connectivity index (χ1v) is 4.30. The summed E-state index contributed by atoms with van der Waals surface area (Å²) >= 11 is 0. The quantitative estimate of drug-likeness (QED) is 0.555. The first kappa shape index (κ1) is 13.7. The van der Waals surface area contributed by atoms with Crippen LogP contribution in [0.4, 0.5) is 13.2 Å². The summed E-state index contributed by atoms with van der Waals surface area (Å²) in [6.45, 7) is -0.335. The van der Waals surface area contributed by atoms with Gasteiger partial charge in [-0.25, -0.2) is 4.79 Å². The highest BCUT2D eigenvalue weighted by molar-refractivity contribution is 5.75. The molecule has 0 bridgehead atoms. The summed E-state index contributed by atoms with van der Waals surface area (Å²) in [6, 6.07) is 0. The van der Waals surface area contributed by atoms with Crippen molar-refractivity contribution < 1.29 is 32.6 Å². The largest absolute Gasteiger partial charge is 0.490 e. The van der Waals surface area contributed by atoms with Gasteiger partial charge in [-0.15, -0.1) is 0 Å². The number of carboxylic acid groups (broad SMARTS) is 1. The van der Waals surface area contributed by atoms with E-state index in [1.54, 1.807) is 0 Å². The number of carbonyl (C=O) groups excluding carboxylic acids is 1. The average molecular weight is 228 g/mol. The summed E-state index contributed by atoms with van der Waals surface area (Å²) in [5.41, 5.74) is 0. The van der Waals surface area contributed by atoms with Crippen LogP contribution in [0.25, 0.3) is 0 Å². The van der Waals surface area contributed by atoms with E-state index >= 15 is 0 Å². The van der Waals surface area contributed by atoms with Gasteiger partial charge in [0.25, 0.3) is 0 Å². The van der Waals surface area contributed by atoms with Crippen molar-refractivity contribution >= 4 is 11.9 Å². The molecule has 0 aliphatic rings. The molecule has 0 radical (unpaired) electrons. The Morgan fingerprint density at radius 1 is 1.13 bits per heavy atom. The van der Waals surface area contributed by atoms with Crippen molar-refractivity contribution in [1.82, 2.24) is 0 Å². The number of carbonyl (C=O) groups is 2. The van der Waals surface area contributed by atoms with Gasteiger partial charge in [-0.05, 0) is 19.3 Å². The Hall–Kier alpha value is -1.27. The minimum atomic E-state index is -4.96. The third-order valence-corrected chi connectivity index (χ3v) is 1.50. The molecule has 4 nitrogen and oxygen atoms in total. The third-order valence-electron chi connectivity index (χ3n) is 1.50. The molecule has 0 aromatic rings. The maximum Gasteiger partial charge on any atom is 0.490 e. The minimum Gasteiger partial charge on any atom is -0.481 e. The van der Waals surface area contributed by atoms with E-state index in [0.29, 0.717) is 12.8 Å². The highest BCUT2D eigenvalue weighted by Gasteiger charge is 2.40.